The molecule has 1 aromatic rings. The van der Waals surface area contributed by atoms with E-state index in [-0.39, 0.29) is 11.9 Å². The van der Waals surface area contributed by atoms with Gasteiger partial charge in [0.15, 0.2) is 0 Å². The van der Waals surface area contributed by atoms with Gasteiger partial charge in [0.05, 0.1) is 7.11 Å². The van der Waals surface area contributed by atoms with Crippen LogP contribution < -0.4 is 10.1 Å². The van der Waals surface area contributed by atoms with Crippen LogP contribution in [0.5, 0.6) is 5.75 Å². The topological polar surface area (TPSA) is 61.9 Å². The van der Waals surface area contributed by atoms with E-state index in [0.29, 0.717) is 43.5 Å². The second-order valence-corrected chi connectivity index (χ2v) is 6.44. The molecule has 2 fully saturated rings. The summed E-state index contributed by atoms with van der Waals surface area (Å²) >= 11 is 0. The Hall–Kier alpha value is -2.24. The molecule has 130 valence electrons. The Labute approximate surface area is 142 Å². The van der Waals surface area contributed by atoms with Gasteiger partial charge in [-0.3, -0.25) is 4.79 Å². The third-order valence-electron chi connectivity index (χ3n) is 4.85. The summed E-state index contributed by atoms with van der Waals surface area (Å²) in [5.74, 6) is 0.667. The second kappa shape index (κ2) is 7.55. The molecule has 1 N–H and O–H groups in total. The molecule has 1 aliphatic carbocycles. The average Bonchev–Trinajstić information content (AvgIpc) is 3.14. The van der Waals surface area contributed by atoms with E-state index < -0.39 is 0 Å². The third kappa shape index (κ3) is 3.80. The third-order valence-corrected chi connectivity index (χ3v) is 4.85. The molecule has 1 saturated heterocycles. The van der Waals surface area contributed by atoms with Crippen LogP contribution in [0.4, 0.5) is 4.79 Å². The van der Waals surface area contributed by atoms with Gasteiger partial charge in [-0.25, -0.2) is 4.79 Å². The predicted molar refractivity (Wildman–Crippen MR) is 91.3 cm³/mol. The van der Waals surface area contributed by atoms with Crippen molar-refractivity contribution in [3.63, 3.8) is 0 Å². The molecule has 1 heterocycles. The van der Waals surface area contributed by atoms with Crippen molar-refractivity contribution in [3.8, 4) is 5.75 Å². The van der Waals surface area contributed by atoms with Gasteiger partial charge in [0.25, 0.3) is 5.91 Å². The predicted octanol–water partition coefficient (Wildman–Crippen LogP) is 2.11. The summed E-state index contributed by atoms with van der Waals surface area (Å²) in [6, 6.07) is 7.52. The first kappa shape index (κ1) is 16.6. The number of nitrogens with zero attached hydrogens (tertiary/aromatic N) is 2. The SMILES string of the molecule is COc1cccc(C(=O)N2CCN(C(=O)NC3CCCC3)CC2)c1. The zero-order valence-corrected chi connectivity index (χ0v) is 14.2. The van der Waals surface area contributed by atoms with Crippen molar-refractivity contribution in [2.24, 2.45) is 0 Å². The van der Waals surface area contributed by atoms with Crippen LogP contribution in [0.1, 0.15) is 36.0 Å². The fourth-order valence-electron chi connectivity index (χ4n) is 3.39. The van der Waals surface area contributed by atoms with Crippen molar-refractivity contribution < 1.29 is 14.3 Å². The maximum absolute atomic E-state index is 12.6. The molecular formula is C18H25N3O3. The van der Waals surface area contributed by atoms with Crippen molar-refractivity contribution >= 4 is 11.9 Å². The van der Waals surface area contributed by atoms with Crippen molar-refractivity contribution in [2.45, 2.75) is 31.7 Å². The fraction of sp³-hybridized carbons (Fsp3) is 0.556. The molecule has 1 aliphatic heterocycles. The van der Waals surface area contributed by atoms with Gasteiger partial charge in [-0.2, -0.15) is 0 Å². The van der Waals surface area contributed by atoms with E-state index in [1.807, 2.05) is 17.0 Å². The maximum Gasteiger partial charge on any atom is 0.317 e. The van der Waals surface area contributed by atoms with Crippen LogP contribution in [-0.2, 0) is 0 Å². The van der Waals surface area contributed by atoms with Crippen LogP contribution in [0.25, 0.3) is 0 Å². The van der Waals surface area contributed by atoms with Crippen LogP contribution in [0.15, 0.2) is 24.3 Å². The van der Waals surface area contributed by atoms with E-state index in [0.717, 1.165) is 12.8 Å². The first-order valence-electron chi connectivity index (χ1n) is 8.66. The zero-order valence-electron chi connectivity index (χ0n) is 14.2. The highest BCUT2D eigenvalue weighted by molar-refractivity contribution is 5.94. The van der Waals surface area contributed by atoms with Crippen molar-refractivity contribution in [1.82, 2.24) is 15.1 Å². The quantitative estimate of drug-likeness (QED) is 0.923. The Morgan fingerprint density at radius 1 is 1.08 bits per heavy atom. The lowest BCUT2D eigenvalue weighted by Crippen LogP contribution is -2.54. The molecule has 3 rings (SSSR count). The first-order valence-corrected chi connectivity index (χ1v) is 8.66. The number of methoxy groups -OCH3 is 1. The molecule has 2 aliphatic rings. The van der Waals surface area contributed by atoms with Crippen LogP contribution >= 0.6 is 0 Å². The summed E-state index contributed by atoms with van der Waals surface area (Å²) in [7, 11) is 1.59. The molecule has 0 unspecified atom stereocenters. The normalized spacial score (nSPS) is 18.5. The largest absolute Gasteiger partial charge is 0.497 e. The number of carbonyl (C=O) groups is 2. The van der Waals surface area contributed by atoms with E-state index in [4.69, 9.17) is 4.74 Å². The van der Waals surface area contributed by atoms with Crippen LogP contribution in [0, 0.1) is 0 Å². The smallest absolute Gasteiger partial charge is 0.317 e. The van der Waals surface area contributed by atoms with E-state index in [9.17, 15) is 9.59 Å². The Morgan fingerprint density at radius 2 is 1.75 bits per heavy atom. The zero-order chi connectivity index (χ0) is 16.9. The molecule has 0 aromatic heterocycles. The molecular weight excluding hydrogens is 306 g/mol. The minimum atomic E-state index is -0.00949. The van der Waals surface area contributed by atoms with Gasteiger partial charge in [-0.15, -0.1) is 0 Å². The standard InChI is InChI=1S/C18H25N3O3/c1-24-16-8-4-5-14(13-16)17(22)20-9-11-21(12-10-20)18(23)19-15-6-2-3-7-15/h4-5,8,13,15H,2-3,6-7,9-12H2,1H3,(H,19,23). The molecule has 3 amide bonds. The molecule has 6 heteroatoms. The Morgan fingerprint density at radius 3 is 2.42 bits per heavy atom. The summed E-state index contributed by atoms with van der Waals surface area (Å²) in [5.41, 5.74) is 0.623. The Bertz CT molecular complexity index is 591. The number of hydrogen-bond acceptors (Lipinski definition) is 3. The summed E-state index contributed by atoms with van der Waals surface area (Å²) < 4.78 is 5.17. The highest BCUT2D eigenvalue weighted by atomic mass is 16.5. The maximum atomic E-state index is 12.6. The molecule has 24 heavy (non-hydrogen) atoms. The van der Waals surface area contributed by atoms with Gasteiger partial charge in [0, 0.05) is 37.8 Å². The number of piperazine rings is 1. The van der Waals surface area contributed by atoms with Crippen LogP contribution in [0.2, 0.25) is 0 Å². The lowest BCUT2D eigenvalue weighted by Gasteiger charge is -2.35. The molecule has 6 nitrogen and oxygen atoms in total. The van der Waals surface area contributed by atoms with Gasteiger partial charge >= 0.3 is 6.03 Å². The van der Waals surface area contributed by atoms with Crippen molar-refractivity contribution in [1.29, 1.82) is 0 Å². The number of urea groups is 1. The molecule has 1 aromatic carbocycles. The summed E-state index contributed by atoms with van der Waals surface area (Å²) in [6.07, 6.45) is 4.57. The number of hydrogen-bond donors (Lipinski definition) is 1. The van der Waals surface area contributed by atoms with Crippen molar-refractivity contribution in [3.05, 3.63) is 29.8 Å². The second-order valence-electron chi connectivity index (χ2n) is 6.44. The number of rotatable bonds is 3. The lowest BCUT2D eigenvalue weighted by atomic mass is 10.1. The van der Waals surface area contributed by atoms with E-state index in [1.165, 1.54) is 12.8 Å². The number of carbonyl (C=O) groups excluding carboxylic acids is 2. The van der Waals surface area contributed by atoms with E-state index in [1.54, 1.807) is 24.1 Å². The summed E-state index contributed by atoms with van der Waals surface area (Å²) in [4.78, 5) is 28.5. The number of ether oxygens (including phenoxy) is 1. The summed E-state index contributed by atoms with van der Waals surface area (Å²) in [6.45, 7) is 2.28. The highest BCUT2D eigenvalue weighted by Gasteiger charge is 2.26. The molecule has 0 spiro atoms. The van der Waals surface area contributed by atoms with Crippen molar-refractivity contribution in [2.75, 3.05) is 33.3 Å². The molecule has 0 atom stereocenters. The number of amides is 3. The van der Waals surface area contributed by atoms with Gasteiger partial charge in [-0.05, 0) is 31.0 Å². The van der Waals surface area contributed by atoms with E-state index in [2.05, 4.69) is 5.32 Å². The van der Waals surface area contributed by atoms with Gasteiger partial charge in [-0.1, -0.05) is 18.9 Å². The Balaban J connectivity index is 1.52. The molecule has 0 radical (unpaired) electrons. The number of benzene rings is 1. The first-order chi connectivity index (χ1) is 11.7. The Kier molecular flexibility index (Phi) is 5.23. The fourth-order valence-corrected chi connectivity index (χ4v) is 3.39. The van der Waals surface area contributed by atoms with Crippen LogP contribution in [0.3, 0.4) is 0 Å². The monoisotopic (exact) mass is 331 g/mol. The molecule has 1 saturated carbocycles. The average molecular weight is 331 g/mol. The lowest BCUT2D eigenvalue weighted by molar-refractivity contribution is 0.0663. The van der Waals surface area contributed by atoms with Crippen LogP contribution in [-0.4, -0.2) is 61.1 Å². The summed E-state index contributed by atoms with van der Waals surface area (Å²) in [5, 5.41) is 3.11. The van der Waals surface area contributed by atoms with Gasteiger partial charge < -0.3 is 19.9 Å². The minimum Gasteiger partial charge on any atom is -0.497 e. The number of nitrogens with one attached hydrogen (secondary N) is 1. The van der Waals surface area contributed by atoms with Gasteiger partial charge in [0.2, 0.25) is 0 Å². The highest BCUT2D eigenvalue weighted by Crippen LogP contribution is 2.18. The van der Waals surface area contributed by atoms with E-state index >= 15 is 0 Å². The molecule has 0 bridgehead atoms. The van der Waals surface area contributed by atoms with Gasteiger partial charge in [0.1, 0.15) is 5.75 Å². The minimum absolute atomic E-state index is 0.00949.